The van der Waals surface area contributed by atoms with Crippen molar-refractivity contribution in [2.45, 2.75) is 39.2 Å². The molecule has 0 radical (unpaired) electrons. The third kappa shape index (κ3) is 6.68. The summed E-state index contributed by atoms with van der Waals surface area (Å²) in [4.78, 5) is 11.6. The summed E-state index contributed by atoms with van der Waals surface area (Å²) in [5.41, 5.74) is 2.42. The SMILES string of the molecule is CCOC(=O)CC(Cc1ccc(C)cc1)NCCCO. The van der Waals surface area contributed by atoms with Crippen LogP contribution in [0.25, 0.3) is 0 Å². The molecule has 0 spiro atoms. The van der Waals surface area contributed by atoms with E-state index in [9.17, 15) is 4.79 Å². The molecule has 1 rings (SSSR count). The van der Waals surface area contributed by atoms with Gasteiger partial charge in [-0.15, -0.1) is 0 Å². The highest BCUT2D eigenvalue weighted by Crippen LogP contribution is 2.09. The standard InChI is InChI=1S/C16H25NO3/c1-3-20-16(19)12-15(17-9-4-10-18)11-14-7-5-13(2)6-8-14/h5-8,15,17-18H,3-4,9-12H2,1-2H3. The average Bonchev–Trinajstić information content (AvgIpc) is 2.42. The Kier molecular flexibility index (Phi) is 7.92. The van der Waals surface area contributed by atoms with E-state index in [1.807, 2.05) is 6.92 Å². The largest absolute Gasteiger partial charge is 0.466 e. The van der Waals surface area contributed by atoms with Crippen molar-refractivity contribution in [1.82, 2.24) is 5.32 Å². The molecule has 1 aromatic carbocycles. The van der Waals surface area contributed by atoms with Gasteiger partial charge in [0.15, 0.2) is 0 Å². The van der Waals surface area contributed by atoms with Crippen LogP contribution in [0.3, 0.4) is 0 Å². The number of rotatable bonds is 9. The molecule has 2 N–H and O–H groups in total. The van der Waals surface area contributed by atoms with E-state index in [2.05, 4.69) is 36.5 Å². The van der Waals surface area contributed by atoms with Crippen LogP contribution in [-0.2, 0) is 16.0 Å². The van der Waals surface area contributed by atoms with Gasteiger partial charge in [-0.3, -0.25) is 4.79 Å². The molecule has 0 aliphatic heterocycles. The highest BCUT2D eigenvalue weighted by Gasteiger charge is 2.14. The summed E-state index contributed by atoms with van der Waals surface area (Å²) in [5.74, 6) is -0.180. The summed E-state index contributed by atoms with van der Waals surface area (Å²) in [6.07, 6.45) is 1.82. The van der Waals surface area contributed by atoms with Crippen molar-refractivity contribution in [3.05, 3.63) is 35.4 Å². The minimum Gasteiger partial charge on any atom is -0.466 e. The number of aliphatic hydroxyl groups excluding tert-OH is 1. The fourth-order valence-electron chi connectivity index (χ4n) is 2.03. The Morgan fingerprint density at radius 3 is 2.65 bits per heavy atom. The number of esters is 1. The van der Waals surface area contributed by atoms with Crippen molar-refractivity contribution in [3.8, 4) is 0 Å². The van der Waals surface area contributed by atoms with Gasteiger partial charge in [0.25, 0.3) is 0 Å². The Hall–Kier alpha value is -1.39. The second-order valence-electron chi connectivity index (χ2n) is 4.93. The topological polar surface area (TPSA) is 58.6 Å². The fraction of sp³-hybridized carbons (Fsp3) is 0.562. The molecule has 4 nitrogen and oxygen atoms in total. The maximum absolute atomic E-state index is 11.6. The number of hydrogen-bond acceptors (Lipinski definition) is 4. The lowest BCUT2D eigenvalue weighted by molar-refractivity contribution is -0.143. The lowest BCUT2D eigenvalue weighted by atomic mass is 10.0. The molecule has 0 fully saturated rings. The molecule has 4 heteroatoms. The molecule has 0 bridgehead atoms. The first kappa shape index (κ1) is 16.7. The van der Waals surface area contributed by atoms with E-state index >= 15 is 0 Å². The van der Waals surface area contributed by atoms with Gasteiger partial charge in [-0.05, 0) is 38.8 Å². The number of carbonyl (C=O) groups is 1. The van der Waals surface area contributed by atoms with Gasteiger partial charge in [0, 0.05) is 12.6 Å². The van der Waals surface area contributed by atoms with E-state index in [1.165, 1.54) is 11.1 Å². The Labute approximate surface area is 121 Å². The molecule has 0 aliphatic carbocycles. The molecule has 0 aliphatic rings. The minimum atomic E-state index is -0.180. The van der Waals surface area contributed by atoms with Gasteiger partial charge in [0.1, 0.15) is 0 Å². The average molecular weight is 279 g/mol. The van der Waals surface area contributed by atoms with E-state index in [0.717, 1.165) is 6.42 Å². The molecule has 0 heterocycles. The number of benzene rings is 1. The van der Waals surface area contributed by atoms with Crippen LogP contribution < -0.4 is 5.32 Å². The van der Waals surface area contributed by atoms with Gasteiger partial charge in [-0.1, -0.05) is 29.8 Å². The Balaban J connectivity index is 2.56. The second-order valence-corrected chi connectivity index (χ2v) is 4.93. The molecule has 1 aromatic rings. The first-order valence-corrected chi connectivity index (χ1v) is 7.21. The van der Waals surface area contributed by atoms with Gasteiger partial charge in [0.05, 0.1) is 13.0 Å². The van der Waals surface area contributed by atoms with E-state index in [0.29, 0.717) is 26.0 Å². The fourth-order valence-corrected chi connectivity index (χ4v) is 2.03. The number of aryl methyl sites for hydroxylation is 1. The molecule has 0 amide bonds. The minimum absolute atomic E-state index is 0.0447. The Morgan fingerprint density at radius 1 is 1.35 bits per heavy atom. The summed E-state index contributed by atoms with van der Waals surface area (Å²) in [6.45, 7) is 5.13. The maximum atomic E-state index is 11.6. The van der Waals surface area contributed by atoms with Crippen LogP contribution in [0.15, 0.2) is 24.3 Å². The molecule has 1 atom stereocenters. The first-order chi connectivity index (χ1) is 9.65. The van der Waals surface area contributed by atoms with Gasteiger partial charge < -0.3 is 15.2 Å². The van der Waals surface area contributed by atoms with E-state index in [-0.39, 0.29) is 18.6 Å². The smallest absolute Gasteiger partial charge is 0.307 e. The summed E-state index contributed by atoms with van der Waals surface area (Å²) >= 11 is 0. The second kappa shape index (κ2) is 9.50. The molecule has 112 valence electrons. The van der Waals surface area contributed by atoms with Crippen LogP contribution >= 0.6 is 0 Å². The van der Waals surface area contributed by atoms with Crippen molar-refractivity contribution < 1.29 is 14.6 Å². The molecule has 0 saturated heterocycles. The number of hydrogen-bond donors (Lipinski definition) is 2. The zero-order chi connectivity index (χ0) is 14.8. The normalized spacial score (nSPS) is 12.2. The lowest BCUT2D eigenvalue weighted by Crippen LogP contribution is -2.35. The molecular weight excluding hydrogens is 254 g/mol. The van der Waals surface area contributed by atoms with Crippen molar-refractivity contribution in [2.75, 3.05) is 19.8 Å². The molecular formula is C16H25NO3. The van der Waals surface area contributed by atoms with Crippen LogP contribution in [0.5, 0.6) is 0 Å². The summed E-state index contributed by atoms with van der Waals surface area (Å²) in [5, 5.41) is 12.1. The van der Waals surface area contributed by atoms with Crippen molar-refractivity contribution in [2.24, 2.45) is 0 Å². The van der Waals surface area contributed by atoms with Crippen LogP contribution in [0.4, 0.5) is 0 Å². The van der Waals surface area contributed by atoms with Crippen LogP contribution in [0.2, 0.25) is 0 Å². The van der Waals surface area contributed by atoms with Crippen LogP contribution in [0.1, 0.15) is 30.9 Å². The summed E-state index contributed by atoms with van der Waals surface area (Å²) < 4.78 is 5.01. The van der Waals surface area contributed by atoms with Crippen molar-refractivity contribution in [1.29, 1.82) is 0 Å². The van der Waals surface area contributed by atoms with Gasteiger partial charge in [0.2, 0.25) is 0 Å². The maximum Gasteiger partial charge on any atom is 0.307 e. The van der Waals surface area contributed by atoms with Gasteiger partial charge in [-0.2, -0.15) is 0 Å². The van der Waals surface area contributed by atoms with Crippen LogP contribution in [-0.4, -0.2) is 36.9 Å². The Morgan fingerprint density at radius 2 is 2.05 bits per heavy atom. The highest BCUT2D eigenvalue weighted by molar-refractivity contribution is 5.70. The lowest BCUT2D eigenvalue weighted by Gasteiger charge is -2.18. The molecule has 0 saturated carbocycles. The zero-order valence-corrected chi connectivity index (χ0v) is 12.4. The number of carbonyl (C=O) groups excluding carboxylic acids is 1. The van der Waals surface area contributed by atoms with Gasteiger partial charge in [-0.25, -0.2) is 0 Å². The van der Waals surface area contributed by atoms with E-state index < -0.39 is 0 Å². The summed E-state index contributed by atoms with van der Waals surface area (Å²) in [6, 6.07) is 8.36. The quantitative estimate of drug-likeness (QED) is 0.535. The van der Waals surface area contributed by atoms with Crippen LogP contribution in [0, 0.1) is 6.92 Å². The number of aliphatic hydroxyl groups is 1. The molecule has 0 aromatic heterocycles. The predicted octanol–water partition coefficient (Wildman–Crippen LogP) is 1.83. The van der Waals surface area contributed by atoms with Crippen molar-refractivity contribution in [3.63, 3.8) is 0 Å². The van der Waals surface area contributed by atoms with E-state index in [1.54, 1.807) is 0 Å². The predicted molar refractivity (Wildman–Crippen MR) is 79.6 cm³/mol. The van der Waals surface area contributed by atoms with Crippen molar-refractivity contribution >= 4 is 5.97 Å². The molecule has 1 unspecified atom stereocenters. The van der Waals surface area contributed by atoms with Gasteiger partial charge >= 0.3 is 5.97 Å². The zero-order valence-electron chi connectivity index (χ0n) is 12.4. The third-order valence-electron chi connectivity index (χ3n) is 3.09. The number of nitrogens with one attached hydrogen (secondary N) is 1. The highest BCUT2D eigenvalue weighted by atomic mass is 16.5. The van der Waals surface area contributed by atoms with E-state index in [4.69, 9.17) is 9.84 Å². The monoisotopic (exact) mass is 279 g/mol. The third-order valence-corrected chi connectivity index (χ3v) is 3.09. The Bertz CT molecular complexity index is 389. The number of ether oxygens (including phenoxy) is 1. The first-order valence-electron chi connectivity index (χ1n) is 7.21. The molecule has 20 heavy (non-hydrogen) atoms. The summed E-state index contributed by atoms with van der Waals surface area (Å²) in [7, 11) is 0.